The van der Waals surface area contributed by atoms with Crippen LogP contribution in [0.5, 0.6) is 0 Å². The Balaban J connectivity index is 1.52. The number of likely N-dealkylation sites (tertiary alicyclic amines) is 1. The highest BCUT2D eigenvalue weighted by molar-refractivity contribution is 6.03. The predicted octanol–water partition coefficient (Wildman–Crippen LogP) is 0.522. The molecule has 2 fully saturated rings. The number of hydrogen-bond donors (Lipinski definition) is 2. The molecule has 7 heteroatoms. The van der Waals surface area contributed by atoms with Crippen molar-refractivity contribution in [2.75, 3.05) is 26.2 Å². The lowest BCUT2D eigenvalue weighted by molar-refractivity contribution is -0.131. The van der Waals surface area contributed by atoms with E-state index in [9.17, 15) is 9.59 Å². The summed E-state index contributed by atoms with van der Waals surface area (Å²) < 4.78 is 5.25. The lowest BCUT2D eigenvalue weighted by Gasteiger charge is -2.43. The van der Waals surface area contributed by atoms with Crippen molar-refractivity contribution in [3.8, 4) is 0 Å². The van der Waals surface area contributed by atoms with Crippen molar-refractivity contribution in [3.05, 3.63) is 30.0 Å². The van der Waals surface area contributed by atoms with Crippen LogP contribution in [0, 0.1) is 0 Å². The van der Waals surface area contributed by atoms with E-state index >= 15 is 0 Å². The number of nitrogens with one attached hydrogen (secondary N) is 2. The normalized spacial score (nSPS) is 20.7. The molecule has 2 saturated heterocycles. The number of nitrogens with zero attached hydrogens (tertiary/aromatic N) is 2. The summed E-state index contributed by atoms with van der Waals surface area (Å²) in [6.45, 7) is 2.47. The maximum atomic E-state index is 12.7. The van der Waals surface area contributed by atoms with E-state index in [1.807, 2.05) is 24.3 Å². The van der Waals surface area contributed by atoms with Gasteiger partial charge >= 0.3 is 0 Å². The van der Waals surface area contributed by atoms with Crippen molar-refractivity contribution in [2.45, 2.75) is 18.4 Å². The van der Waals surface area contributed by atoms with Crippen molar-refractivity contribution < 1.29 is 14.1 Å². The molecule has 2 aliphatic rings. The van der Waals surface area contributed by atoms with Crippen molar-refractivity contribution in [3.63, 3.8) is 0 Å². The number of aromatic nitrogens is 1. The zero-order chi connectivity index (χ0) is 15.9. The molecule has 120 valence electrons. The Morgan fingerprint density at radius 3 is 2.78 bits per heavy atom. The van der Waals surface area contributed by atoms with Gasteiger partial charge in [-0.05, 0) is 25.0 Å². The van der Waals surface area contributed by atoms with Gasteiger partial charge in [0.05, 0.1) is 5.39 Å². The highest BCUT2D eigenvalue weighted by atomic mass is 16.5. The van der Waals surface area contributed by atoms with Gasteiger partial charge in [0, 0.05) is 26.2 Å². The summed E-state index contributed by atoms with van der Waals surface area (Å²) >= 11 is 0. The lowest BCUT2D eigenvalue weighted by Crippen LogP contribution is -2.66. The first-order valence-electron chi connectivity index (χ1n) is 7.87. The van der Waals surface area contributed by atoms with Crippen molar-refractivity contribution >= 4 is 22.7 Å². The standard InChI is InChI=1S/C16H18N4O3/c21-14(13-11-3-1-2-4-12(11)19-23-13)20-9-5-16(6-10-20)15(22)17-7-8-18-16/h1-4,18H,5-10H2,(H,17,22). The van der Waals surface area contributed by atoms with Crippen LogP contribution < -0.4 is 10.6 Å². The first-order chi connectivity index (χ1) is 11.2. The smallest absolute Gasteiger partial charge is 0.293 e. The third kappa shape index (κ3) is 2.28. The van der Waals surface area contributed by atoms with Crippen LogP contribution in [0.1, 0.15) is 23.4 Å². The number of fused-ring (bicyclic) bond motifs is 1. The molecule has 23 heavy (non-hydrogen) atoms. The molecule has 1 aromatic carbocycles. The van der Waals surface area contributed by atoms with Gasteiger partial charge < -0.3 is 20.1 Å². The Bertz CT molecular complexity index is 762. The molecule has 2 N–H and O–H groups in total. The summed E-state index contributed by atoms with van der Waals surface area (Å²) in [5.41, 5.74) is 0.149. The number of amides is 2. The van der Waals surface area contributed by atoms with E-state index in [0.717, 1.165) is 11.9 Å². The van der Waals surface area contributed by atoms with Crippen LogP contribution in [0.3, 0.4) is 0 Å². The molecule has 2 amide bonds. The topological polar surface area (TPSA) is 87.5 Å². The Morgan fingerprint density at radius 2 is 2.00 bits per heavy atom. The zero-order valence-corrected chi connectivity index (χ0v) is 12.7. The highest BCUT2D eigenvalue weighted by Gasteiger charge is 2.43. The minimum atomic E-state index is -0.529. The maximum absolute atomic E-state index is 12.7. The summed E-state index contributed by atoms with van der Waals surface area (Å²) in [4.78, 5) is 26.6. The Hall–Kier alpha value is -2.41. The summed E-state index contributed by atoms with van der Waals surface area (Å²) in [5, 5.41) is 10.9. The van der Waals surface area contributed by atoms with Gasteiger partial charge in [0.1, 0.15) is 11.1 Å². The minimum Gasteiger partial charge on any atom is -0.353 e. The Morgan fingerprint density at radius 1 is 1.22 bits per heavy atom. The molecule has 0 saturated carbocycles. The average molecular weight is 314 g/mol. The van der Waals surface area contributed by atoms with Crippen LogP contribution in [0.25, 0.3) is 10.9 Å². The quantitative estimate of drug-likeness (QED) is 0.801. The van der Waals surface area contributed by atoms with E-state index in [1.165, 1.54) is 0 Å². The second kappa shape index (κ2) is 5.34. The number of carbonyl (C=O) groups is 2. The van der Waals surface area contributed by atoms with Crippen LogP contribution in [-0.2, 0) is 4.79 Å². The first kappa shape index (κ1) is 14.2. The van der Waals surface area contributed by atoms with E-state index in [-0.39, 0.29) is 17.6 Å². The average Bonchev–Trinajstić information content (AvgIpc) is 3.02. The molecule has 4 rings (SSSR count). The van der Waals surface area contributed by atoms with E-state index in [1.54, 1.807) is 4.90 Å². The summed E-state index contributed by atoms with van der Waals surface area (Å²) in [7, 11) is 0. The largest absolute Gasteiger partial charge is 0.353 e. The lowest BCUT2D eigenvalue weighted by atomic mass is 9.85. The molecule has 1 spiro atoms. The molecule has 0 atom stereocenters. The molecule has 7 nitrogen and oxygen atoms in total. The van der Waals surface area contributed by atoms with Gasteiger partial charge in [0.25, 0.3) is 5.91 Å². The summed E-state index contributed by atoms with van der Waals surface area (Å²) in [6.07, 6.45) is 1.22. The van der Waals surface area contributed by atoms with E-state index < -0.39 is 5.54 Å². The zero-order valence-electron chi connectivity index (χ0n) is 12.7. The number of benzene rings is 1. The fourth-order valence-corrected chi connectivity index (χ4v) is 3.41. The summed E-state index contributed by atoms with van der Waals surface area (Å²) in [6, 6.07) is 7.37. The predicted molar refractivity (Wildman–Crippen MR) is 82.9 cm³/mol. The van der Waals surface area contributed by atoms with E-state index in [4.69, 9.17) is 4.52 Å². The van der Waals surface area contributed by atoms with Gasteiger partial charge in [0.15, 0.2) is 0 Å². The molecule has 0 aliphatic carbocycles. The Kier molecular flexibility index (Phi) is 3.30. The van der Waals surface area contributed by atoms with Crippen LogP contribution in [0.15, 0.2) is 28.8 Å². The second-order valence-electron chi connectivity index (χ2n) is 6.09. The SMILES string of the molecule is O=C(c1onc2ccccc12)N1CCC2(CC1)NCCNC2=O. The molecule has 0 unspecified atom stereocenters. The minimum absolute atomic E-state index is 0.0426. The molecular formula is C16H18N4O3. The van der Waals surface area contributed by atoms with Crippen LogP contribution in [-0.4, -0.2) is 53.6 Å². The molecule has 2 aliphatic heterocycles. The fourth-order valence-electron chi connectivity index (χ4n) is 3.41. The van der Waals surface area contributed by atoms with Crippen LogP contribution in [0.4, 0.5) is 0 Å². The third-order valence-corrected chi connectivity index (χ3v) is 4.79. The number of carbonyl (C=O) groups excluding carboxylic acids is 2. The number of rotatable bonds is 1. The maximum Gasteiger partial charge on any atom is 0.293 e. The third-order valence-electron chi connectivity index (χ3n) is 4.79. The van der Waals surface area contributed by atoms with Gasteiger partial charge in [-0.25, -0.2) is 0 Å². The molecule has 1 aromatic heterocycles. The molecule has 2 aromatic rings. The van der Waals surface area contributed by atoms with Gasteiger partial charge in [-0.1, -0.05) is 17.3 Å². The Labute approximate surface area is 133 Å². The highest BCUT2D eigenvalue weighted by Crippen LogP contribution is 2.26. The van der Waals surface area contributed by atoms with Crippen LogP contribution >= 0.6 is 0 Å². The van der Waals surface area contributed by atoms with Crippen molar-refractivity contribution in [1.82, 2.24) is 20.7 Å². The molecule has 0 bridgehead atoms. The fraction of sp³-hybridized carbons (Fsp3) is 0.438. The van der Waals surface area contributed by atoms with Gasteiger partial charge in [-0.3, -0.25) is 9.59 Å². The van der Waals surface area contributed by atoms with Gasteiger partial charge in [-0.2, -0.15) is 0 Å². The van der Waals surface area contributed by atoms with Gasteiger partial charge in [-0.15, -0.1) is 0 Å². The van der Waals surface area contributed by atoms with Crippen molar-refractivity contribution in [1.29, 1.82) is 0 Å². The number of hydrogen-bond acceptors (Lipinski definition) is 5. The molecule has 3 heterocycles. The second-order valence-corrected chi connectivity index (χ2v) is 6.09. The van der Waals surface area contributed by atoms with Crippen LogP contribution in [0.2, 0.25) is 0 Å². The van der Waals surface area contributed by atoms with E-state index in [0.29, 0.717) is 38.0 Å². The first-order valence-corrected chi connectivity index (χ1v) is 7.87. The molecular weight excluding hydrogens is 296 g/mol. The van der Waals surface area contributed by atoms with Gasteiger partial charge in [0.2, 0.25) is 11.7 Å². The number of piperazine rings is 1. The summed E-state index contributed by atoms with van der Waals surface area (Å²) in [5.74, 6) is 0.156. The van der Waals surface area contributed by atoms with E-state index in [2.05, 4.69) is 15.8 Å². The van der Waals surface area contributed by atoms with Crippen molar-refractivity contribution in [2.24, 2.45) is 0 Å². The monoisotopic (exact) mass is 314 g/mol. The molecule has 0 radical (unpaired) electrons. The number of piperidine rings is 1.